The fourth-order valence-electron chi connectivity index (χ4n) is 3.66. The molecule has 2 fully saturated rings. The van der Waals surface area contributed by atoms with E-state index in [1.807, 2.05) is 0 Å². The number of likely N-dealkylation sites (tertiary alicyclic amines) is 1. The van der Waals surface area contributed by atoms with Gasteiger partial charge in [0.25, 0.3) is 0 Å². The Hall–Kier alpha value is -0.320. The Labute approximate surface area is 135 Å². The second-order valence-corrected chi connectivity index (χ2v) is 6.35. The molecule has 2 N–H and O–H groups in total. The molecule has 1 aliphatic carbocycles. The van der Waals surface area contributed by atoms with Crippen LogP contribution in [0.1, 0.15) is 58.3 Å². The lowest BCUT2D eigenvalue weighted by Crippen LogP contribution is -2.47. The van der Waals surface area contributed by atoms with Crippen LogP contribution in [0.2, 0.25) is 0 Å². The van der Waals surface area contributed by atoms with Crippen LogP contribution in [-0.2, 0) is 9.53 Å². The lowest BCUT2D eigenvalue weighted by atomic mass is 9.81. The van der Waals surface area contributed by atoms with Crippen LogP contribution in [0.25, 0.3) is 0 Å². The van der Waals surface area contributed by atoms with E-state index < -0.39 is 0 Å². The van der Waals surface area contributed by atoms with Crippen molar-refractivity contribution in [2.24, 2.45) is 11.1 Å². The monoisotopic (exact) mass is 318 g/mol. The van der Waals surface area contributed by atoms with Gasteiger partial charge < -0.3 is 15.4 Å². The molecule has 1 saturated carbocycles. The first-order chi connectivity index (χ1) is 9.72. The van der Waals surface area contributed by atoms with Crippen molar-refractivity contribution in [2.45, 2.75) is 64.4 Å². The summed E-state index contributed by atoms with van der Waals surface area (Å²) < 4.78 is 5.81. The maximum Gasteiger partial charge on any atom is 0.228 e. The first-order valence-corrected chi connectivity index (χ1v) is 8.33. The average molecular weight is 319 g/mol. The molecule has 1 heterocycles. The molecule has 0 atom stereocenters. The number of rotatable bonds is 6. The number of hydrogen-bond acceptors (Lipinski definition) is 3. The highest BCUT2D eigenvalue weighted by Crippen LogP contribution is 2.42. The number of carbonyl (C=O) groups excluding carboxylic acids is 1. The first-order valence-electron chi connectivity index (χ1n) is 8.33. The number of nitrogens with two attached hydrogens (primary N) is 1. The molecule has 124 valence electrons. The Kier molecular flexibility index (Phi) is 7.99. The van der Waals surface area contributed by atoms with E-state index in [0.717, 1.165) is 58.2 Å². The molecule has 0 spiro atoms. The van der Waals surface area contributed by atoms with Gasteiger partial charge in [-0.3, -0.25) is 4.79 Å². The van der Waals surface area contributed by atoms with Crippen LogP contribution in [0.3, 0.4) is 0 Å². The third-order valence-electron chi connectivity index (χ3n) is 5.12. The number of carbonyl (C=O) groups is 1. The van der Waals surface area contributed by atoms with Crippen LogP contribution >= 0.6 is 12.4 Å². The molecule has 1 saturated heterocycles. The van der Waals surface area contributed by atoms with Gasteiger partial charge in [0.2, 0.25) is 5.91 Å². The zero-order chi connectivity index (χ0) is 14.4. The van der Waals surface area contributed by atoms with E-state index in [9.17, 15) is 4.79 Å². The predicted molar refractivity (Wildman–Crippen MR) is 87.7 cm³/mol. The summed E-state index contributed by atoms with van der Waals surface area (Å²) in [6.45, 7) is 5.36. The Balaban J connectivity index is 0.00000220. The molecule has 4 nitrogen and oxygen atoms in total. The summed E-state index contributed by atoms with van der Waals surface area (Å²) in [7, 11) is 0. The minimum atomic E-state index is -0.0345. The van der Waals surface area contributed by atoms with Crippen LogP contribution in [0.4, 0.5) is 0 Å². The van der Waals surface area contributed by atoms with Crippen molar-refractivity contribution in [1.29, 1.82) is 0 Å². The van der Waals surface area contributed by atoms with E-state index >= 15 is 0 Å². The molecular weight excluding hydrogens is 288 g/mol. The maximum atomic E-state index is 12.8. The molecule has 1 aliphatic heterocycles. The normalized spacial score (nSPS) is 22.1. The lowest BCUT2D eigenvalue weighted by molar-refractivity contribution is -0.144. The zero-order valence-corrected chi connectivity index (χ0v) is 14.1. The molecule has 1 amide bonds. The highest BCUT2D eigenvalue weighted by molar-refractivity contribution is 5.85. The highest BCUT2D eigenvalue weighted by Gasteiger charge is 2.42. The molecule has 2 rings (SSSR count). The standard InChI is InChI=1S/C16H30N2O2.ClH/c1-2-16(8-3-4-9-16)15(19)18-11-6-14(7-12-18)20-13-5-10-17;/h14H,2-13,17H2,1H3;1H. The lowest BCUT2D eigenvalue weighted by Gasteiger charge is -2.38. The summed E-state index contributed by atoms with van der Waals surface area (Å²) in [4.78, 5) is 14.9. The Morgan fingerprint density at radius 1 is 1.29 bits per heavy atom. The molecule has 21 heavy (non-hydrogen) atoms. The molecule has 0 aromatic carbocycles. The van der Waals surface area contributed by atoms with E-state index in [2.05, 4.69) is 11.8 Å². The van der Waals surface area contributed by atoms with Gasteiger partial charge in [-0.2, -0.15) is 0 Å². The van der Waals surface area contributed by atoms with Gasteiger partial charge in [0, 0.05) is 25.1 Å². The van der Waals surface area contributed by atoms with Crippen LogP contribution in [0.15, 0.2) is 0 Å². The van der Waals surface area contributed by atoms with Crippen molar-refractivity contribution in [2.75, 3.05) is 26.2 Å². The van der Waals surface area contributed by atoms with Crippen LogP contribution < -0.4 is 5.73 Å². The zero-order valence-electron chi connectivity index (χ0n) is 13.3. The van der Waals surface area contributed by atoms with Crippen molar-refractivity contribution >= 4 is 18.3 Å². The Bertz CT molecular complexity index is 311. The molecule has 0 aromatic heterocycles. The van der Waals surface area contributed by atoms with Crippen LogP contribution in [-0.4, -0.2) is 43.2 Å². The van der Waals surface area contributed by atoms with Crippen molar-refractivity contribution in [3.8, 4) is 0 Å². The second kappa shape index (κ2) is 8.96. The molecule has 2 aliphatic rings. The number of ether oxygens (including phenoxy) is 1. The molecule has 0 radical (unpaired) electrons. The first kappa shape index (κ1) is 18.7. The average Bonchev–Trinajstić information content (AvgIpc) is 2.98. The molecule has 5 heteroatoms. The summed E-state index contributed by atoms with van der Waals surface area (Å²) in [5, 5.41) is 0. The summed E-state index contributed by atoms with van der Waals surface area (Å²) in [5.74, 6) is 0.415. The van der Waals surface area contributed by atoms with Gasteiger partial charge in [-0.15, -0.1) is 12.4 Å². The molecule has 0 unspecified atom stereocenters. The summed E-state index contributed by atoms with van der Waals surface area (Å²) >= 11 is 0. The second-order valence-electron chi connectivity index (χ2n) is 6.35. The molecular formula is C16H31ClN2O2. The van der Waals surface area contributed by atoms with Crippen molar-refractivity contribution < 1.29 is 9.53 Å². The van der Waals surface area contributed by atoms with E-state index in [1.165, 1.54) is 12.8 Å². The third kappa shape index (κ3) is 4.57. The summed E-state index contributed by atoms with van der Waals surface area (Å²) in [6.07, 6.45) is 8.84. The van der Waals surface area contributed by atoms with E-state index in [-0.39, 0.29) is 17.8 Å². The molecule has 0 aromatic rings. The quantitative estimate of drug-likeness (QED) is 0.766. The van der Waals surface area contributed by atoms with Crippen LogP contribution in [0.5, 0.6) is 0 Å². The topological polar surface area (TPSA) is 55.6 Å². The van der Waals surface area contributed by atoms with E-state index in [1.54, 1.807) is 0 Å². The van der Waals surface area contributed by atoms with Gasteiger partial charge in [0.05, 0.1) is 6.10 Å². The van der Waals surface area contributed by atoms with Gasteiger partial charge in [-0.1, -0.05) is 19.8 Å². The number of nitrogens with zero attached hydrogens (tertiary/aromatic N) is 1. The fraction of sp³-hybridized carbons (Fsp3) is 0.938. The maximum absolute atomic E-state index is 12.8. The van der Waals surface area contributed by atoms with E-state index in [4.69, 9.17) is 10.5 Å². The number of halogens is 1. The smallest absolute Gasteiger partial charge is 0.228 e. The van der Waals surface area contributed by atoms with Crippen molar-refractivity contribution in [3.05, 3.63) is 0 Å². The number of piperidine rings is 1. The largest absolute Gasteiger partial charge is 0.378 e. The van der Waals surface area contributed by atoms with Gasteiger partial charge in [-0.05, 0) is 45.1 Å². The van der Waals surface area contributed by atoms with Crippen molar-refractivity contribution in [3.63, 3.8) is 0 Å². The minimum absolute atomic E-state index is 0. The van der Waals surface area contributed by atoms with E-state index in [0.29, 0.717) is 18.6 Å². The molecule has 0 bridgehead atoms. The SMILES string of the molecule is CCC1(C(=O)N2CCC(OCCCN)CC2)CCCC1.Cl. The fourth-order valence-corrected chi connectivity index (χ4v) is 3.66. The van der Waals surface area contributed by atoms with Crippen LogP contribution in [0, 0.1) is 5.41 Å². The summed E-state index contributed by atoms with van der Waals surface area (Å²) in [5.41, 5.74) is 5.44. The number of hydrogen-bond donors (Lipinski definition) is 1. The highest BCUT2D eigenvalue weighted by atomic mass is 35.5. The Morgan fingerprint density at radius 3 is 2.43 bits per heavy atom. The Morgan fingerprint density at radius 2 is 1.90 bits per heavy atom. The number of amides is 1. The van der Waals surface area contributed by atoms with Gasteiger partial charge in [-0.25, -0.2) is 0 Å². The minimum Gasteiger partial charge on any atom is -0.378 e. The predicted octanol–water partition coefficient (Wildman–Crippen LogP) is 2.74. The summed E-state index contributed by atoms with van der Waals surface area (Å²) in [6, 6.07) is 0. The van der Waals surface area contributed by atoms with Gasteiger partial charge >= 0.3 is 0 Å². The third-order valence-corrected chi connectivity index (χ3v) is 5.12. The van der Waals surface area contributed by atoms with Gasteiger partial charge in [0.1, 0.15) is 0 Å². The van der Waals surface area contributed by atoms with Gasteiger partial charge in [0.15, 0.2) is 0 Å². The van der Waals surface area contributed by atoms with Crippen molar-refractivity contribution in [1.82, 2.24) is 4.90 Å².